The summed E-state index contributed by atoms with van der Waals surface area (Å²) in [5.41, 5.74) is 0. The van der Waals surface area contributed by atoms with Crippen molar-refractivity contribution >= 4 is 10.0 Å². The molecule has 0 bridgehead atoms. The van der Waals surface area contributed by atoms with E-state index in [-0.39, 0.29) is 6.10 Å². The summed E-state index contributed by atoms with van der Waals surface area (Å²) in [4.78, 5) is 0. The van der Waals surface area contributed by atoms with Crippen molar-refractivity contribution in [2.45, 2.75) is 37.0 Å². The summed E-state index contributed by atoms with van der Waals surface area (Å²) >= 11 is 0. The Bertz CT molecular complexity index is 237. The first-order chi connectivity index (χ1) is 5.55. The number of nitrogens with two attached hydrogens (primary N) is 1. The van der Waals surface area contributed by atoms with Gasteiger partial charge in [-0.05, 0) is 12.8 Å². The first kappa shape index (κ1) is 9.95. The van der Waals surface area contributed by atoms with Crippen LogP contribution < -0.4 is 5.14 Å². The first-order valence-corrected chi connectivity index (χ1v) is 5.71. The van der Waals surface area contributed by atoms with E-state index in [9.17, 15) is 8.42 Å². The van der Waals surface area contributed by atoms with Crippen molar-refractivity contribution in [2.24, 2.45) is 5.14 Å². The number of primary sulfonamides is 1. The van der Waals surface area contributed by atoms with E-state index in [0.717, 1.165) is 19.3 Å². The van der Waals surface area contributed by atoms with Crippen molar-refractivity contribution in [2.75, 3.05) is 7.11 Å². The second-order valence-corrected chi connectivity index (χ2v) is 4.97. The van der Waals surface area contributed by atoms with Crippen LogP contribution in [0.3, 0.4) is 0 Å². The molecule has 1 fully saturated rings. The molecule has 5 heteroatoms. The van der Waals surface area contributed by atoms with Crippen LogP contribution in [0.4, 0.5) is 0 Å². The molecule has 72 valence electrons. The second kappa shape index (κ2) is 3.72. The molecule has 2 atom stereocenters. The van der Waals surface area contributed by atoms with Gasteiger partial charge in [-0.25, -0.2) is 13.6 Å². The van der Waals surface area contributed by atoms with E-state index in [4.69, 9.17) is 9.88 Å². The van der Waals surface area contributed by atoms with Gasteiger partial charge >= 0.3 is 0 Å². The number of sulfonamides is 1. The van der Waals surface area contributed by atoms with E-state index in [1.54, 1.807) is 0 Å². The van der Waals surface area contributed by atoms with Gasteiger partial charge in [-0.15, -0.1) is 0 Å². The van der Waals surface area contributed by atoms with Crippen LogP contribution in [0.1, 0.15) is 25.7 Å². The summed E-state index contributed by atoms with van der Waals surface area (Å²) in [7, 11) is -1.88. The molecule has 1 rings (SSSR count). The van der Waals surface area contributed by atoms with Crippen molar-refractivity contribution in [3.63, 3.8) is 0 Å². The summed E-state index contributed by atoms with van der Waals surface area (Å²) < 4.78 is 27.2. The van der Waals surface area contributed by atoms with Crippen molar-refractivity contribution in [1.82, 2.24) is 0 Å². The van der Waals surface area contributed by atoms with Crippen molar-refractivity contribution in [3.8, 4) is 0 Å². The Hall–Kier alpha value is -0.130. The summed E-state index contributed by atoms with van der Waals surface area (Å²) in [5, 5.41) is 4.58. The molecular weight excluding hydrogens is 178 g/mol. The third-order valence-electron chi connectivity index (χ3n) is 2.37. The van der Waals surface area contributed by atoms with E-state index < -0.39 is 15.3 Å². The molecule has 0 radical (unpaired) electrons. The molecular formula is C7H15NO3S. The maximum absolute atomic E-state index is 11.1. The molecule has 0 amide bonds. The van der Waals surface area contributed by atoms with Crippen molar-refractivity contribution < 1.29 is 13.2 Å². The Morgan fingerprint density at radius 1 is 1.33 bits per heavy atom. The number of hydrogen-bond donors (Lipinski definition) is 1. The van der Waals surface area contributed by atoms with Gasteiger partial charge in [-0.3, -0.25) is 0 Å². The zero-order valence-corrected chi connectivity index (χ0v) is 8.01. The second-order valence-electron chi connectivity index (χ2n) is 3.19. The molecule has 0 unspecified atom stereocenters. The van der Waals surface area contributed by atoms with Gasteiger partial charge in [0, 0.05) is 7.11 Å². The lowest BCUT2D eigenvalue weighted by molar-refractivity contribution is 0.0738. The van der Waals surface area contributed by atoms with Gasteiger partial charge in [0.05, 0.1) is 6.10 Å². The molecule has 1 aliphatic carbocycles. The van der Waals surface area contributed by atoms with Crippen LogP contribution in [0.15, 0.2) is 0 Å². The predicted molar refractivity (Wildman–Crippen MR) is 46.2 cm³/mol. The maximum Gasteiger partial charge on any atom is 0.214 e. The molecule has 12 heavy (non-hydrogen) atoms. The number of methoxy groups -OCH3 is 1. The topological polar surface area (TPSA) is 69.4 Å². The number of rotatable bonds is 2. The van der Waals surface area contributed by atoms with Gasteiger partial charge in [0.1, 0.15) is 5.25 Å². The monoisotopic (exact) mass is 193 g/mol. The molecule has 2 N–H and O–H groups in total. The Balaban J connectivity index is 2.72. The number of ether oxygens (including phenoxy) is 1. The lowest BCUT2D eigenvalue weighted by Crippen LogP contribution is -2.41. The highest BCUT2D eigenvalue weighted by molar-refractivity contribution is 7.89. The average Bonchev–Trinajstić information content (AvgIpc) is 2.03. The Morgan fingerprint density at radius 2 is 1.92 bits per heavy atom. The molecule has 0 spiro atoms. The fourth-order valence-corrected chi connectivity index (χ4v) is 2.87. The molecule has 1 saturated carbocycles. The fraction of sp³-hybridized carbons (Fsp3) is 1.00. The van der Waals surface area contributed by atoms with Gasteiger partial charge in [0.2, 0.25) is 10.0 Å². The third kappa shape index (κ3) is 2.18. The lowest BCUT2D eigenvalue weighted by Gasteiger charge is -2.28. The van der Waals surface area contributed by atoms with Crippen LogP contribution in [0.2, 0.25) is 0 Å². The molecule has 0 aromatic carbocycles. The van der Waals surface area contributed by atoms with Crippen LogP contribution >= 0.6 is 0 Å². The fourth-order valence-electron chi connectivity index (χ4n) is 1.71. The highest BCUT2D eigenvalue weighted by atomic mass is 32.2. The summed E-state index contributed by atoms with van der Waals surface area (Å²) in [6.45, 7) is 0. The quantitative estimate of drug-likeness (QED) is 0.682. The molecule has 0 aromatic rings. The highest BCUT2D eigenvalue weighted by Crippen LogP contribution is 2.24. The van der Waals surface area contributed by atoms with Crippen LogP contribution in [0.25, 0.3) is 0 Å². The van der Waals surface area contributed by atoms with E-state index in [2.05, 4.69) is 0 Å². The van der Waals surface area contributed by atoms with Crippen LogP contribution in [0, 0.1) is 0 Å². The maximum atomic E-state index is 11.1. The minimum atomic E-state index is -3.41. The third-order valence-corrected chi connectivity index (χ3v) is 3.75. The van der Waals surface area contributed by atoms with Gasteiger partial charge in [0.25, 0.3) is 0 Å². The normalized spacial score (nSPS) is 31.8. The highest BCUT2D eigenvalue weighted by Gasteiger charge is 2.33. The molecule has 0 saturated heterocycles. The summed E-state index contributed by atoms with van der Waals surface area (Å²) in [6, 6.07) is 0. The minimum Gasteiger partial charge on any atom is -0.380 e. The van der Waals surface area contributed by atoms with Gasteiger partial charge in [-0.2, -0.15) is 0 Å². The molecule has 1 aliphatic rings. The summed E-state index contributed by atoms with van der Waals surface area (Å²) in [5.74, 6) is 0. The Morgan fingerprint density at radius 3 is 2.33 bits per heavy atom. The van der Waals surface area contributed by atoms with E-state index in [0.29, 0.717) is 6.42 Å². The van der Waals surface area contributed by atoms with Gasteiger partial charge in [0.15, 0.2) is 0 Å². The standard InChI is InChI=1S/C7H15NO3S/c1-11-6-4-2-3-5-7(6)12(8,9)10/h6-7H,2-5H2,1H3,(H2,8,9,10)/t6-,7+/m1/s1. The zero-order valence-electron chi connectivity index (χ0n) is 7.19. The summed E-state index contributed by atoms with van der Waals surface area (Å²) in [6.07, 6.45) is 3.20. The number of hydrogen-bond acceptors (Lipinski definition) is 3. The van der Waals surface area contributed by atoms with Gasteiger partial charge in [-0.1, -0.05) is 12.8 Å². The Kier molecular flexibility index (Phi) is 3.09. The molecule has 0 heterocycles. The SMILES string of the molecule is CO[C@@H]1CCCC[C@@H]1S(N)(=O)=O. The molecule has 4 nitrogen and oxygen atoms in total. The van der Waals surface area contributed by atoms with Gasteiger partial charge < -0.3 is 4.74 Å². The van der Waals surface area contributed by atoms with Crippen molar-refractivity contribution in [3.05, 3.63) is 0 Å². The Labute approximate surface area is 73.1 Å². The first-order valence-electron chi connectivity index (χ1n) is 4.10. The predicted octanol–water partition coefficient (Wildman–Crippen LogP) is 0.233. The zero-order chi connectivity index (χ0) is 9.19. The smallest absolute Gasteiger partial charge is 0.214 e. The largest absolute Gasteiger partial charge is 0.380 e. The van der Waals surface area contributed by atoms with E-state index >= 15 is 0 Å². The van der Waals surface area contributed by atoms with Crippen LogP contribution in [-0.4, -0.2) is 26.9 Å². The average molecular weight is 193 g/mol. The minimum absolute atomic E-state index is 0.200. The van der Waals surface area contributed by atoms with Crippen LogP contribution in [-0.2, 0) is 14.8 Å². The van der Waals surface area contributed by atoms with Crippen LogP contribution in [0.5, 0.6) is 0 Å². The van der Waals surface area contributed by atoms with E-state index in [1.807, 2.05) is 0 Å². The molecule has 0 aliphatic heterocycles. The van der Waals surface area contributed by atoms with E-state index in [1.165, 1.54) is 7.11 Å². The molecule has 0 aromatic heterocycles. The lowest BCUT2D eigenvalue weighted by atomic mass is 9.97. The van der Waals surface area contributed by atoms with Crippen molar-refractivity contribution in [1.29, 1.82) is 0 Å².